The van der Waals surface area contributed by atoms with E-state index >= 15 is 0 Å². The van der Waals surface area contributed by atoms with E-state index in [1.54, 1.807) is 25.4 Å². The van der Waals surface area contributed by atoms with Crippen molar-refractivity contribution in [1.82, 2.24) is 15.0 Å². The molecule has 2 aromatic heterocycles. The van der Waals surface area contributed by atoms with E-state index < -0.39 is 0 Å². The number of hydrogen-bond acceptors (Lipinski definition) is 8. The Balaban J connectivity index is 1.54. The topological polar surface area (TPSA) is 113 Å². The van der Waals surface area contributed by atoms with Crippen molar-refractivity contribution in [3.05, 3.63) is 89.0 Å². The minimum Gasteiger partial charge on any atom is -0.383 e. The molecule has 10 heteroatoms. The van der Waals surface area contributed by atoms with Gasteiger partial charge >= 0.3 is 0 Å². The van der Waals surface area contributed by atoms with Crippen LogP contribution >= 0.6 is 23.5 Å². The van der Waals surface area contributed by atoms with Crippen LogP contribution in [0.1, 0.15) is 18.1 Å². The molecule has 2 heterocycles. The summed E-state index contributed by atoms with van der Waals surface area (Å²) in [6.07, 6.45) is 3.43. The zero-order valence-electron chi connectivity index (χ0n) is 18.1. The summed E-state index contributed by atoms with van der Waals surface area (Å²) in [5.74, 6) is 0.792. The summed E-state index contributed by atoms with van der Waals surface area (Å²) < 4.78 is 17.0. The van der Waals surface area contributed by atoms with Gasteiger partial charge in [-0.2, -0.15) is 0 Å². The molecule has 0 spiro atoms. The number of halogens is 2. The fourth-order valence-electron chi connectivity index (χ4n) is 3.15. The van der Waals surface area contributed by atoms with E-state index in [1.165, 1.54) is 12.1 Å². The molecule has 0 fully saturated rings. The number of aromatic nitrogens is 3. The van der Waals surface area contributed by atoms with Crippen LogP contribution in [-0.2, 0) is 6.54 Å². The van der Waals surface area contributed by atoms with Crippen LogP contribution in [0.3, 0.4) is 0 Å². The van der Waals surface area contributed by atoms with Crippen LogP contribution in [0.4, 0.5) is 21.7 Å². The van der Waals surface area contributed by atoms with Crippen LogP contribution in [0.2, 0.25) is 5.02 Å². The summed E-state index contributed by atoms with van der Waals surface area (Å²) in [5, 5.41) is 11.8. The van der Waals surface area contributed by atoms with Gasteiger partial charge in [-0.3, -0.25) is 4.98 Å². The van der Waals surface area contributed by atoms with Crippen molar-refractivity contribution in [2.75, 3.05) is 15.8 Å². The monoisotopic (exact) mass is 493 g/mol. The van der Waals surface area contributed by atoms with Crippen LogP contribution in [0.25, 0.3) is 11.4 Å². The van der Waals surface area contributed by atoms with Crippen LogP contribution in [0.15, 0.2) is 71.9 Å². The minimum atomic E-state index is -0.351. The number of nitrogens with two attached hydrogens (primary N) is 1. The summed E-state index contributed by atoms with van der Waals surface area (Å²) in [6, 6.07) is 15.6. The van der Waals surface area contributed by atoms with E-state index in [0.717, 1.165) is 28.8 Å². The summed E-state index contributed by atoms with van der Waals surface area (Å²) in [7, 11) is 0. The van der Waals surface area contributed by atoms with Crippen LogP contribution in [0, 0.1) is 11.2 Å². The van der Waals surface area contributed by atoms with Crippen molar-refractivity contribution in [1.29, 1.82) is 5.41 Å². The zero-order valence-corrected chi connectivity index (χ0v) is 19.7. The fourth-order valence-corrected chi connectivity index (χ4v) is 4.10. The van der Waals surface area contributed by atoms with Gasteiger partial charge in [0.05, 0.1) is 10.5 Å². The van der Waals surface area contributed by atoms with Crippen molar-refractivity contribution in [2.24, 2.45) is 0 Å². The highest BCUT2D eigenvalue weighted by molar-refractivity contribution is 8.00. The van der Waals surface area contributed by atoms with Crippen molar-refractivity contribution < 1.29 is 4.39 Å². The molecule has 34 heavy (non-hydrogen) atoms. The second-order valence-corrected chi connectivity index (χ2v) is 8.63. The third kappa shape index (κ3) is 5.62. The Morgan fingerprint density at radius 3 is 2.53 bits per heavy atom. The average Bonchev–Trinajstić information content (AvgIpc) is 2.83. The fraction of sp³-hybridized carbons (Fsp3) is 0.0833. The van der Waals surface area contributed by atoms with Gasteiger partial charge in [0.25, 0.3) is 0 Å². The first-order valence-corrected chi connectivity index (χ1v) is 11.4. The number of rotatable bonds is 8. The normalized spacial score (nSPS) is 10.7. The maximum absolute atomic E-state index is 13.9. The van der Waals surface area contributed by atoms with Crippen LogP contribution in [0.5, 0.6) is 0 Å². The minimum absolute atomic E-state index is 0.226. The van der Waals surface area contributed by atoms with Crippen molar-refractivity contribution in [3.63, 3.8) is 0 Å². The average molecular weight is 494 g/mol. The molecule has 2 aromatic carbocycles. The van der Waals surface area contributed by atoms with Gasteiger partial charge in [0.15, 0.2) is 5.82 Å². The number of benzene rings is 2. The Labute approximate surface area is 205 Å². The molecule has 7 nitrogen and oxygen atoms in total. The van der Waals surface area contributed by atoms with Crippen LogP contribution < -0.4 is 15.8 Å². The van der Waals surface area contributed by atoms with E-state index in [4.69, 9.17) is 22.7 Å². The number of hydrogen-bond donors (Lipinski definition) is 4. The summed E-state index contributed by atoms with van der Waals surface area (Å²) in [5.41, 5.74) is 9.47. The molecule has 5 N–H and O–H groups in total. The first-order valence-electron chi connectivity index (χ1n) is 10.2. The van der Waals surface area contributed by atoms with Gasteiger partial charge in [-0.15, -0.1) is 0 Å². The smallest absolute Gasteiger partial charge is 0.163 e. The first-order chi connectivity index (χ1) is 16.4. The van der Waals surface area contributed by atoms with Gasteiger partial charge in [-0.1, -0.05) is 11.6 Å². The Morgan fingerprint density at radius 1 is 1.09 bits per heavy atom. The van der Waals surface area contributed by atoms with E-state index in [2.05, 4.69) is 25.0 Å². The van der Waals surface area contributed by atoms with E-state index in [1.807, 2.05) is 36.4 Å². The molecule has 0 unspecified atom stereocenters. The highest BCUT2D eigenvalue weighted by Gasteiger charge is 2.15. The number of nitrogens with one attached hydrogen (secondary N) is 3. The van der Waals surface area contributed by atoms with E-state index in [9.17, 15) is 4.39 Å². The predicted molar refractivity (Wildman–Crippen MR) is 137 cm³/mol. The third-order valence-electron chi connectivity index (χ3n) is 4.84. The Bertz CT molecular complexity index is 1320. The lowest BCUT2D eigenvalue weighted by Gasteiger charge is -2.14. The second-order valence-electron chi connectivity index (χ2n) is 7.35. The van der Waals surface area contributed by atoms with E-state index in [-0.39, 0.29) is 17.3 Å². The predicted octanol–water partition coefficient (Wildman–Crippen LogP) is 6.03. The van der Waals surface area contributed by atoms with Gasteiger partial charge in [0.1, 0.15) is 17.5 Å². The molecule has 172 valence electrons. The number of nitrogen functional groups attached to an aromatic ring is 1. The maximum Gasteiger partial charge on any atom is 0.163 e. The Hall–Kier alpha value is -3.69. The van der Waals surface area contributed by atoms with Crippen molar-refractivity contribution in [2.45, 2.75) is 18.4 Å². The van der Waals surface area contributed by atoms with Crippen LogP contribution in [-0.4, -0.2) is 20.7 Å². The SMILES string of the molecule is CC(=N)c1c(N)nc(-c2ccc(NSc3cc(Cl)ccc3F)cc2)nc1NCc1ccncc1. The lowest BCUT2D eigenvalue weighted by Crippen LogP contribution is -2.12. The molecular formula is C24H21ClFN7S. The molecule has 0 amide bonds. The van der Waals surface area contributed by atoms with E-state index in [0.29, 0.717) is 33.7 Å². The molecule has 0 bridgehead atoms. The molecule has 0 aliphatic rings. The van der Waals surface area contributed by atoms with Gasteiger partial charge < -0.3 is 21.2 Å². The van der Waals surface area contributed by atoms with Crippen molar-refractivity contribution in [3.8, 4) is 11.4 Å². The quantitative estimate of drug-likeness (QED) is 0.175. The Morgan fingerprint density at radius 2 is 1.82 bits per heavy atom. The molecular weight excluding hydrogens is 473 g/mol. The molecule has 0 aliphatic carbocycles. The number of nitrogens with zero attached hydrogens (tertiary/aromatic N) is 3. The molecule has 4 rings (SSSR count). The number of pyridine rings is 1. The lowest BCUT2D eigenvalue weighted by molar-refractivity contribution is 0.602. The molecule has 0 saturated carbocycles. The van der Waals surface area contributed by atoms with Gasteiger partial charge in [-0.05, 0) is 79.0 Å². The summed E-state index contributed by atoms with van der Waals surface area (Å²) in [6.45, 7) is 2.14. The van der Waals surface area contributed by atoms with Gasteiger partial charge in [-0.25, -0.2) is 14.4 Å². The largest absolute Gasteiger partial charge is 0.383 e. The summed E-state index contributed by atoms with van der Waals surface area (Å²) in [4.78, 5) is 13.5. The van der Waals surface area contributed by atoms with Crippen molar-refractivity contribution >= 4 is 46.6 Å². The maximum atomic E-state index is 13.9. The first kappa shape index (κ1) is 23.5. The molecule has 0 saturated heterocycles. The summed E-state index contributed by atoms with van der Waals surface area (Å²) >= 11 is 7.08. The lowest BCUT2D eigenvalue weighted by atomic mass is 10.1. The molecule has 0 aliphatic heterocycles. The van der Waals surface area contributed by atoms with Gasteiger partial charge in [0.2, 0.25) is 0 Å². The standard InChI is InChI=1S/C24H21ClFN7S/c1-14(27)21-22(28)31-23(32-24(21)30-13-15-8-10-29-11-9-15)16-2-5-18(6-3-16)33-34-20-12-17(25)4-7-19(20)26/h2-12,27,33H,13H2,1H3,(H3,28,30,31,32). The third-order valence-corrected chi connectivity index (χ3v) is 5.94. The zero-order chi connectivity index (χ0) is 24.1. The number of anilines is 3. The van der Waals surface area contributed by atoms with Gasteiger partial charge in [0, 0.05) is 40.9 Å². The molecule has 0 radical (unpaired) electrons. The highest BCUT2D eigenvalue weighted by Crippen LogP contribution is 2.29. The Kier molecular flexibility index (Phi) is 7.24. The second kappa shape index (κ2) is 10.5. The molecule has 4 aromatic rings. The highest BCUT2D eigenvalue weighted by atomic mass is 35.5. The molecule has 0 atom stereocenters.